The average Bonchev–Trinajstić information content (AvgIpc) is 3.11. The lowest BCUT2D eigenvalue weighted by molar-refractivity contribution is 0.0521. The van der Waals surface area contributed by atoms with E-state index in [-0.39, 0.29) is 17.0 Å². The molecule has 8 nitrogen and oxygen atoms in total. The monoisotopic (exact) mass is 279 g/mol. The summed E-state index contributed by atoms with van der Waals surface area (Å²) in [6.07, 6.45) is 3.21. The number of ether oxygens (including phenoxy) is 2. The molecule has 0 aliphatic carbocycles. The molecule has 0 aromatic carbocycles. The van der Waals surface area contributed by atoms with Gasteiger partial charge in [-0.25, -0.2) is 9.59 Å². The average molecular weight is 279 g/mol. The Bertz CT molecular complexity index is 643. The topological polar surface area (TPSA) is 96.5 Å². The minimum Gasteiger partial charge on any atom is -0.465 e. The molecule has 0 aliphatic rings. The van der Waals surface area contributed by atoms with Gasteiger partial charge in [0.05, 0.1) is 20.4 Å². The number of hydrogen-bond donors (Lipinski definition) is 0. The van der Waals surface area contributed by atoms with Gasteiger partial charge in [-0.2, -0.15) is 5.10 Å². The molecule has 0 fully saturated rings. The molecule has 0 bridgehead atoms. The molecule has 2 aromatic rings. The van der Waals surface area contributed by atoms with Crippen LogP contribution >= 0.6 is 0 Å². The zero-order valence-electron chi connectivity index (χ0n) is 11.2. The highest BCUT2D eigenvalue weighted by atomic mass is 16.6. The quantitative estimate of drug-likeness (QED) is 0.774. The predicted octanol–water partition coefficient (Wildman–Crippen LogP) is 1.13. The van der Waals surface area contributed by atoms with Crippen LogP contribution in [0.15, 0.2) is 16.9 Å². The maximum atomic E-state index is 11.8. The van der Waals surface area contributed by atoms with Crippen molar-refractivity contribution in [1.29, 1.82) is 0 Å². The first kappa shape index (κ1) is 13.8. The first-order valence-electron chi connectivity index (χ1n) is 5.81. The second-order valence-electron chi connectivity index (χ2n) is 3.80. The van der Waals surface area contributed by atoms with Crippen LogP contribution in [0.2, 0.25) is 0 Å². The summed E-state index contributed by atoms with van der Waals surface area (Å²) in [6, 6.07) is 0. The third-order valence-electron chi connectivity index (χ3n) is 2.68. The van der Waals surface area contributed by atoms with Crippen LogP contribution in [0.5, 0.6) is 0 Å². The van der Waals surface area contributed by atoms with E-state index in [4.69, 9.17) is 4.52 Å². The fraction of sp³-hybridized carbons (Fsp3) is 0.333. The Morgan fingerprint density at radius 1 is 1.30 bits per heavy atom. The second kappa shape index (κ2) is 5.55. The fourth-order valence-corrected chi connectivity index (χ4v) is 1.67. The van der Waals surface area contributed by atoms with Crippen molar-refractivity contribution in [1.82, 2.24) is 14.9 Å². The molecule has 8 heteroatoms. The summed E-state index contributed by atoms with van der Waals surface area (Å²) in [6.45, 7) is 2.58. The lowest BCUT2D eigenvalue weighted by atomic mass is 10.1. The normalized spacial score (nSPS) is 10.3. The van der Waals surface area contributed by atoms with Crippen molar-refractivity contribution < 1.29 is 23.6 Å². The number of aromatic nitrogens is 3. The summed E-state index contributed by atoms with van der Waals surface area (Å²) in [5.74, 6) is -1.82. The van der Waals surface area contributed by atoms with Gasteiger partial charge in [0.2, 0.25) is 0 Å². The van der Waals surface area contributed by atoms with E-state index in [1.54, 1.807) is 10.9 Å². The number of carbonyl (C=O) groups is 2. The van der Waals surface area contributed by atoms with E-state index in [0.29, 0.717) is 12.1 Å². The van der Waals surface area contributed by atoms with Gasteiger partial charge < -0.3 is 14.0 Å². The molecular weight excluding hydrogens is 266 g/mol. The Hall–Kier alpha value is -2.64. The molecule has 106 valence electrons. The highest BCUT2D eigenvalue weighted by Gasteiger charge is 2.30. The van der Waals surface area contributed by atoms with E-state index in [1.807, 2.05) is 6.92 Å². The van der Waals surface area contributed by atoms with Crippen molar-refractivity contribution in [2.75, 3.05) is 14.2 Å². The van der Waals surface area contributed by atoms with Gasteiger partial charge in [0.1, 0.15) is 11.3 Å². The van der Waals surface area contributed by atoms with Gasteiger partial charge in [-0.05, 0) is 6.92 Å². The van der Waals surface area contributed by atoms with Crippen molar-refractivity contribution in [2.24, 2.45) is 0 Å². The van der Waals surface area contributed by atoms with Crippen LogP contribution in [0.3, 0.4) is 0 Å². The molecule has 0 amide bonds. The molecule has 0 unspecified atom stereocenters. The van der Waals surface area contributed by atoms with Gasteiger partial charge in [0, 0.05) is 18.3 Å². The second-order valence-corrected chi connectivity index (χ2v) is 3.80. The third-order valence-corrected chi connectivity index (χ3v) is 2.68. The molecule has 2 heterocycles. The Labute approximate surface area is 114 Å². The Morgan fingerprint density at radius 3 is 2.55 bits per heavy atom. The van der Waals surface area contributed by atoms with Crippen molar-refractivity contribution in [3.05, 3.63) is 23.7 Å². The molecule has 0 spiro atoms. The van der Waals surface area contributed by atoms with E-state index in [2.05, 4.69) is 19.7 Å². The molecule has 0 saturated carbocycles. The number of nitrogens with zero attached hydrogens (tertiary/aromatic N) is 3. The first-order valence-corrected chi connectivity index (χ1v) is 5.81. The largest absolute Gasteiger partial charge is 0.465 e. The third kappa shape index (κ3) is 2.27. The number of methoxy groups -OCH3 is 2. The van der Waals surface area contributed by atoms with Crippen LogP contribution in [0.1, 0.15) is 27.8 Å². The lowest BCUT2D eigenvalue weighted by Gasteiger charge is -1.99. The number of rotatable bonds is 4. The van der Waals surface area contributed by atoms with Crippen molar-refractivity contribution in [3.8, 4) is 11.3 Å². The Balaban J connectivity index is 2.55. The summed E-state index contributed by atoms with van der Waals surface area (Å²) < 4.78 is 15.8. The van der Waals surface area contributed by atoms with E-state index in [1.165, 1.54) is 20.4 Å². The van der Waals surface area contributed by atoms with Gasteiger partial charge in [-0.1, -0.05) is 5.16 Å². The maximum absolute atomic E-state index is 11.8. The number of hydrogen-bond acceptors (Lipinski definition) is 7. The van der Waals surface area contributed by atoms with Gasteiger partial charge in [0.15, 0.2) is 0 Å². The van der Waals surface area contributed by atoms with Crippen molar-refractivity contribution in [3.63, 3.8) is 0 Å². The van der Waals surface area contributed by atoms with Gasteiger partial charge in [0.25, 0.3) is 5.76 Å². The molecule has 0 aliphatic heterocycles. The van der Waals surface area contributed by atoms with E-state index in [9.17, 15) is 9.59 Å². The molecule has 2 rings (SSSR count). The number of aryl methyl sites for hydroxylation is 1. The van der Waals surface area contributed by atoms with Crippen LogP contribution < -0.4 is 0 Å². The zero-order valence-corrected chi connectivity index (χ0v) is 11.2. The molecule has 0 atom stereocenters. The highest BCUT2D eigenvalue weighted by Crippen LogP contribution is 2.26. The Morgan fingerprint density at radius 2 is 2.00 bits per heavy atom. The number of carbonyl (C=O) groups excluding carboxylic acids is 2. The SMILES string of the molecule is CCn1cc(-c2noc(C(=O)OC)c2C(=O)OC)cn1. The van der Waals surface area contributed by atoms with Crippen LogP contribution in [0.25, 0.3) is 11.3 Å². The lowest BCUT2D eigenvalue weighted by Crippen LogP contribution is -2.10. The van der Waals surface area contributed by atoms with E-state index < -0.39 is 11.9 Å². The van der Waals surface area contributed by atoms with E-state index >= 15 is 0 Å². The van der Waals surface area contributed by atoms with Crippen LogP contribution in [-0.2, 0) is 16.0 Å². The summed E-state index contributed by atoms with van der Waals surface area (Å²) >= 11 is 0. The summed E-state index contributed by atoms with van der Waals surface area (Å²) in [5.41, 5.74) is 0.665. The van der Waals surface area contributed by atoms with Crippen LogP contribution in [0, 0.1) is 0 Å². The molecule has 0 saturated heterocycles. The van der Waals surface area contributed by atoms with Crippen LogP contribution in [-0.4, -0.2) is 41.1 Å². The summed E-state index contributed by atoms with van der Waals surface area (Å²) in [7, 11) is 2.39. The molecule has 0 radical (unpaired) electrons. The first-order chi connectivity index (χ1) is 9.62. The molecular formula is C12H13N3O5. The fourth-order valence-electron chi connectivity index (χ4n) is 1.67. The molecule has 0 N–H and O–H groups in total. The summed E-state index contributed by atoms with van der Waals surface area (Å²) in [4.78, 5) is 23.4. The van der Waals surface area contributed by atoms with Crippen molar-refractivity contribution >= 4 is 11.9 Å². The Kier molecular flexibility index (Phi) is 3.83. The maximum Gasteiger partial charge on any atom is 0.377 e. The predicted molar refractivity (Wildman–Crippen MR) is 66.1 cm³/mol. The zero-order chi connectivity index (χ0) is 14.7. The summed E-state index contributed by atoms with van der Waals surface area (Å²) in [5, 5.41) is 7.82. The van der Waals surface area contributed by atoms with Gasteiger partial charge in [-0.3, -0.25) is 4.68 Å². The van der Waals surface area contributed by atoms with Gasteiger partial charge in [-0.15, -0.1) is 0 Å². The van der Waals surface area contributed by atoms with Crippen LogP contribution in [0.4, 0.5) is 0 Å². The highest BCUT2D eigenvalue weighted by molar-refractivity contribution is 6.05. The molecule has 20 heavy (non-hydrogen) atoms. The van der Waals surface area contributed by atoms with Gasteiger partial charge >= 0.3 is 11.9 Å². The molecule has 2 aromatic heterocycles. The standard InChI is InChI=1S/C12H13N3O5/c1-4-15-6-7(5-13-15)9-8(11(16)18-2)10(20-14-9)12(17)19-3/h5-6H,4H2,1-3H3. The minimum absolute atomic E-state index is 0.0741. The number of esters is 2. The van der Waals surface area contributed by atoms with E-state index in [0.717, 1.165) is 0 Å². The smallest absolute Gasteiger partial charge is 0.377 e. The minimum atomic E-state index is -0.799. The van der Waals surface area contributed by atoms with Crippen molar-refractivity contribution in [2.45, 2.75) is 13.5 Å².